The number of hydrogen-bond acceptors (Lipinski definition) is 4. The molecule has 1 aliphatic rings. The monoisotopic (exact) mass is 303 g/mol. The first-order valence-corrected chi connectivity index (χ1v) is 7.03. The number of unbranched alkanes of at least 4 members (excludes halogenated alkanes) is 1. The van der Waals surface area contributed by atoms with Gasteiger partial charge in [0.1, 0.15) is 5.75 Å². The van der Waals surface area contributed by atoms with Crippen LogP contribution in [0.1, 0.15) is 18.4 Å². The number of carboxylic acids is 1. The third kappa shape index (κ3) is 4.44. The maximum absolute atomic E-state index is 11.3. The van der Waals surface area contributed by atoms with Gasteiger partial charge >= 0.3 is 5.97 Å². The predicted molar refractivity (Wildman–Crippen MR) is 78.4 cm³/mol. The second-order valence-electron chi connectivity index (χ2n) is 4.93. The lowest BCUT2D eigenvalue weighted by Gasteiger charge is -2.13. The third-order valence-corrected chi connectivity index (χ3v) is 3.22. The SMILES string of the molecule is O=C(O)Cc1ccc(OCCCCN2C(=O)C=CC2=O)cc1. The van der Waals surface area contributed by atoms with Crippen molar-refractivity contribution in [1.29, 1.82) is 0 Å². The highest BCUT2D eigenvalue weighted by Crippen LogP contribution is 2.13. The number of amides is 2. The maximum atomic E-state index is 11.3. The van der Waals surface area contributed by atoms with Gasteiger partial charge in [-0.15, -0.1) is 0 Å². The number of ether oxygens (including phenoxy) is 1. The molecule has 1 N–H and O–H groups in total. The van der Waals surface area contributed by atoms with E-state index in [2.05, 4.69) is 0 Å². The Bertz CT molecular complexity index is 573. The molecule has 0 aromatic heterocycles. The van der Waals surface area contributed by atoms with Crippen molar-refractivity contribution in [3.63, 3.8) is 0 Å². The fourth-order valence-electron chi connectivity index (χ4n) is 2.09. The van der Waals surface area contributed by atoms with Crippen molar-refractivity contribution in [2.45, 2.75) is 19.3 Å². The second-order valence-corrected chi connectivity index (χ2v) is 4.93. The molecule has 0 unspecified atom stereocenters. The van der Waals surface area contributed by atoms with Gasteiger partial charge in [0.05, 0.1) is 13.0 Å². The molecule has 0 bridgehead atoms. The molecule has 1 aromatic rings. The summed E-state index contributed by atoms with van der Waals surface area (Å²) < 4.78 is 5.53. The van der Waals surface area contributed by atoms with E-state index in [1.807, 2.05) is 0 Å². The van der Waals surface area contributed by atoms with Gasteiger partial charge in [-0.05, 0) is 30.5 Å². The van der Waals surface area contributed by atoms with E-state index in [1.165, 1.54) is 17.1 Å². The van der Waals surface area contributed by atoms with Crippen LogP contribution in [0.25, 0.3) is 0 Å². The summed E-state index contributed by atoms with van der Waals surface area (Å²) in [7, 11) is 0. The van der Waals surface area contributed by atoms with Gasteiger partial charge < -0.3 is 9.84 Å². The molecule has 1 aromatic carbocycles. The van der Waals surface area contributed by atoms with E-state index < -0.39 is 5.97 Å². The number of carbonyl (C=O) groups excluding carboxylic acids is 2. The molecule has 22 heavy (non-hydrogen) atoms. The van der Waals surface area contributed by atoms with Crippen molar-refractivity contribution in [1.82, 2.24) is 4.90 Å². The molecule has 2 amide bonds. The number of nitrogens with zero attached hydrogens (tertiary/aromatic N) is 1. The Labute approximate surface area is 128 Å². The van der Waals surface area contributed by atoms with Gasteiger partial charge in [0.2, 0.25) is 0 Å². The molecule has 1 heterocycles. The average molecular weight is 303 g/mol. The summed E-state index contributed by atoms with van der Waals surface area (Å²) in [5.41, 5.74) is 0.721. The maximum Gasteiger partial charge on any atom is 0.307 e. The Balaban J connectivity index is 1.65. The normalized spacial score (nSPS) is 13.7. The molecule has 2 rings (SSSR count). The van der Waals surface area contributed by atoms with Crippen LogP contribution in [-0.2, 0) is 20.8 Å². The molecule has 0 spiro atoms. The molecule has 0 atom stereocenters. The quantitative estimate of drug-likeness (QED) is 0.579. The number of hydrogen-bond donors (Lipinski definition) is 1. The van der Waals surface area contributed by atoms with E-state index in [-0.39, 0.29) is 18.2 Å². The lowest BCUT2D eigenvalue weighted by molar-refractivity contribution is -0.137. The van der Waals surface area contributed by atoms with Crippen LogP contribution in [0.4, 0.5) is 0 Å². The molecule has 6 heteroatoms. The topological polar surface area (TPSA) is 83.9 Å². The Morgan fingerprint density at radius 2 is 1.68 bits per heavy atom. The lowest BCUT2D eigenvalue weighted by atomic mass is 10.1. The summed E-state index contributed by atoms with van der Waals surface area (Å²) >= 11 is 0. The highest BCUT2D eigenvalue weighted by molar-refractivity contribution is 6.12. The molecule has 0 radical (unpaired) electrons. The smallest absolute Gasteiger partial charge is 0.307 e. The van der Waals surface area contributed by atoms with E-state index in [0.29, 0.717) is 31.7 Å². The van der Waals surface area contributed by atoms with E-state index in [9.17, 15) is 14.4 Å². The highest BCUT2D eigenvalue weighted by Gasteiger charge is 2.22. The Kier molecular flexibility index (Phi) is 5.30. The zero-order valence-corrected chi connectivity index (χ0v) is 12.0. The summed E-state index contributed by atoms with van der Waals surface area (Å²) in [4.78, 5) is 34.4. The Morgan fingerprint density at radius 1 is 1.05 bits per heavy atom. The first-order chi connectivity index (χ1) is 10.6. The van der Waals surface area contributed by atoms with Crippen molar-refractivity contribution in [2.24, 2.45) is 0 Å². The molecule has 0 fully saturated rings. The van der Waals surface area contributed by atoms with Crippen LogP contribution in [0.15, 0.2) is 36.4 Å². The summed E-state index contributed by atoms with van der Waals surface area (Å²) in [6.07, 6.45) is 3.94. The lowest BCUT2D eigenvalue weighted by Crippen LogP contribution is -2.31. The van der Waals surface area contributed by atoms with E-state index in [4.69, 9.17) is 9.84 Å². The molecule has 0 saturated carbocycles. The minimum absolute atomic E-state index is 0.00773. The van der Waals surface area contributed by atoms with Gasteiger partial charge in [-0.3, -0.25) is 19.3 Å². The number of carboxylic acid groups (broad SMARTS) is 1. The summed E-state index contributed by atoms with van der Waals surface area (Å²) in [6, 6.07) is 6.90. The van der Waals surface area contributed by atoms with Crippen LogP contribution in [0.5, 0.6) is 5.75 Å². The number of carbonyl (C=O) groups is 3. The molecular formula is C16H17NO5. The standard InChI is InChI=1S/C16H17NO5/c18-14-7-8-15(19)17(14)9-1-2-10-22-13-5-3-12(4-6-13)11-16(20)21/h3-8H,1-2,9-11H2,(H,20,21). The largest absolute Gasteiger partial charge is 0.494 e. The molecule has 0 aliphatic carbocycles. The van der Waals surface area contributed by atoms with Crippen molar-refractivity contribution in [2.75, 3.05) is 13.2 Å². The van der Waals surface area contributed by atoms with E-state index in [1.54, 1.807) is 24.3 Å². The molecule has 116 valence electrons. The van der Waals surface area contributed by atoms with Gasteiger partial charge in [-0.25, -0.2) is 0 Å². The van der Waals surface area contributed by atoms with Gasteiger partial charge in [0, 0.05) is 18.7 Å². The average Bonchev–Trinajstić information content (AvgIpc) is 2.79. The van der Waals surface area contributed by atoms with Crippen molar-refractivity contribution in [3.8, 4) is 5.75 Å². The number of aliphatic carboxylic acids is 1. The first kappa shape index (κ1) is 15.8. The first-order valence-electron chi connectivity index (χ1n) is 7.03. The van der Waals surface area contributed by atoms with E-state index in [0.717, 1.165) is 5.56 Å². The summed E-state index contributed by atoms with van der Waals surface area (Å²) in [5, 5.41) is 8.68. The van der Waals surface area contributed by atoms with Crippen molar-refractivity contribution in [3.05, 3.63) is 42.0 Å². The second kappa shape index (κ2) is 7.40. The van der Waals surface area contributed by atoms with Crippen molar-refractivity contribution >= 4 is 17.8 Å². The third-order valence-electron chi connectivity index (χ3n) is 3.22. The van der Waals surface area contributed by atoms with Gasteiger partial charge in [0.25, 0.3) is 11.8 Å². The predicted octanol–water partition coefficient (Wildman–Crippen LogP) is 1.40. The molecule has 6 nitrogen and oxygen atoms in total. The Morgan fingerprint density at radius 3 is 2.27 bits per heavy atom. The van der Waals surface area contributed by atoms with Crippen LogP contribution < -0.4 is 4.74 Å². The molecule has 1 aliphatic heterocycles. The Hall–Kier alpha value is -2.63. The van der Waals surface area contributed by atoms with Gasteiger partial charge in [0.15, 0.2) is 0 Å². The summed E-state index contributed by atoms with van der Waals surface area (Å²) in [6.45, 7) is 0.869. The highest BCUT2D eigenvalue weighted by atomic mass is 16.5. The fourth-order valence-corrected chi connectivity index (χ4v) is 2.09. The zero-order valence-electron chi connectivity index (χ0n) is 12.0. The number of rotatable bonds is 8. The number of benzene rings is 1. The zero-order chi connectivity index (χ0) is 15.9. The molecule has 0 saturated heterocycles. The minimum atomic E-state index is -0.867. The minimum Gasteiger partial charge on any atom is -0.494 e. The van der Waals surface area contributed by atoms with Crippen LogP contribution >= 0.6 is 0 Å². The van der Waals surface area contributed by atoms with Crippen molar-refractivity contribution < 1.29 is 24.2 Å². The van der Waals surface area contributed by atoms with Gasteiger partial charge in [-0.1, -0.05) is 12.1 Å². The summed E-state index contributed by atoms with van der Waals surface area (Å²) in [5.74, 6) is -0.724. The van der Waals surface area contributed by atoms with Crippen LogP contribution in [-0.4, -0.2) is 40.9 Å². The fraction of sp³-hybridized carbons (Fsp3) is 0.312. The van der Waals surface area contributed by atoms with Crippen LogP contribution in [0.2, 0.25) is 0 Å². The van der Waals surface area contributed by atoms with Gasteiger partial charge in [-0.2, -0.15) is 0 Å². The van der Waals surface area contributed by atoms with Crippen LogP contribution in [0, 0.1) is 0 Å². The number of imide groups is 1. The van der Waals surface area contributed by atoms with E-state index >= 15 is 0 Å². The van der Waals surface area contributed by atoms with Crippen LogP contribution in [0.3, 0.4) is 0 Å². The molecular weight excluding hydrogens is 286 g/mol.